The summed E-state index contributed by atoms with van der Waals surface area (Å²) in [6.07, 6.45) is -1.82. The van der Waals surface area contributed by atoms with Gasteiger partial charge in [0.1, 0.15) is 12.2 Å². The maximum absolute atomic E-state index is 9.78. The molecule has 0 saturated heterocycles. The quantitative estimate of drug-likeness (QED) is 0.468. The molecule has 0 rings (SSSR count). The summed E-state index contributed by atoms with van der Waals surface area (Å²) in [4.78, 5) is 0. The first-order valence-electron chi connectivity index (χ1n) is 7.05. The zero-order valence-corrected chi connectivity index (χ0v) is 12.5. The van der Waals surface area contributed by atoms with Crippen molar-refractivity contribution in [1.82, 2.24) is 0 Å². The van der Waals surface area contributed by atoms with E-state index in [2.05, 4.69) is 0 Å². The van der Waals surface area contributed by atoms with Crippen molar-refractivity contribution in [2.75, 3.05) is 13.2 Å². The number of aliphatic hydroxyl groups is 4. The molecule has 0 aliphatic rings. The van der Waals surface area contributed by atoms with Crippen LogP contribution < -0.4 is 0 Å². The molecule has 0 spiro atoms. The molecule has 0 fully saturated rings. The average Bonchev–Trinajstić information content (AvgIpc) is 2.33. The van der Waals surface area contributed by atoms with Crippen LogP contribution in [-0.2, 0) is 4.74 Å². The van der Waals surface area contributed by atoms with Crippen LogP contribution in [-0.4, -0.2) is 58.1 Å². The van der Waals surface area contributed by atoms with Crippen molar-refractivity contribution in [3.8, 4) is 0 Å². The van der Waals surface area contributed by atoms with E-state index in [1.165, 1.54) is 0 Å². The van der Waals surface area contributed by atoms with E-state index < -0.39 is 24.4 Å². The fourth-order valence-corrected chi connectivity index (χ4v) is 2.00. The summed E-state index contributed by atoms with van der Waals surface area (Å²) in [5, 5.41) is 37.7. The molecule has 0 bridgehead atoms. The van der Waals surface area contributed by atoms with Crippen LogP contribution in [0.1, 0.15) is 40.5 Å². The SMILES string of the molecule is CC(C)CC(OC(CC(C)C)C(O)CO)C(O)CO. The Morgan fingerprint density at radius 2 is 1.05 bits per heavy atom. The summed E-state index contributed by atoms with van der Waals surface area (Å²) < 4.78 is 5.76. The van der Waals surface area contributed by atoms with Crippen molar-refractivity contribution in [2.45, 2.75) is 65.0 Å². The minimum Gasteiger partial charge on any atom is -0.394 e. The molecule has 5 nitrogen and oxygen atoms in total. The lowest BCUT2D eigenvalue weighted by Crippen LogP contribution is -2.42. The Morgan fingerprint density at radius 3 is 1.26 bits per heavy atom. The summed E-state index contributed by atoms with van der Waals surface area (Å²) in [6.45, 7) is 7.25. The third kappa shape index (κ3) is 7.84. The first-order valence-corrected chi connectivity index (χ1v) is 7.05. The fourth-order valence-electron chi connectivity index (χ4n) is 2.00. The summed E-state index contributed by atoms with van der Waals surface area (Å²) in [7, 11) is 0. The third-order valence-corrected chi connectivity index (χ3v) is 2.99. The molecular formula is C14H30O5. The molecule has 4 atom stereocenters. The minimum absolute atomic E-state index is 0.303. The second kappa shape index (κ2) is 9.66. The Labute approximate surface area is 116 Å². The van der Waals surface area contributed by atoms with Crippen molar-refractivity contribution in [3.05, 3.63) is 0 Å². The van der Waals surface area contributed by atoms with E-state index in [0.29, 0.717) is 24.7 Å². The lowest BCUT2D eigenvalue weighted by atomic mass is 9.99. The summed E-state index contributed by atoms with van der Waals surface area (Å²) in [5.74, 6) is 0.606. The normalized spacial score (nSPS) is 18.6. The zero-order valence-electron chi connectivity index (χ0n) is 12.5. The molecule has 0 heterocycles. The van der Waals surface area contributed by atoms with Crippen molar-refractivity contribution in [3.63, 3.8) is 0 Å². The topological polar surface area (TPSA) is 90.2 Å². The van der Waals surface area contributed by atoms with E-state index in [1.807, 2.05) is 27.7 Å². The average molecular weight is 278 g/mol. The highest BCUT2D eigenvalue weighted by Crippen LogP contribution is 2.20. The molecule has 5 heteroatoms. The molecule has 0 radical (unpaired) electrons. The lowest BCUT2D eigenvalue weighted by molar-refractivity contribution is -0.142. The van der Waals surface area contributed by atoms with Crippen LogP contribution in [0.2, 0.25) is 0 Å². The van der Waals surface area contributed by atoms with Crippen molar-refractivity contribution in [1.29, 1.82) is 0 Å². The predicted octanol–water partition coefficient (Wildman–Crippen LogP) is 0.539. The molecule has 19 heavy (non-hydrogen) atoms. The molecule has 0 aromatic heterocycles. The number of hydrogen-bond acceptors (Lipinski definition) is 5. The molecular weight excluding hydrogens is 248 g/mol. The van der Waals surface area contributed by atoms with Gasteiger partial charge < -0.3 is 25.2 Å². The van der Waals surface area contributed by atoms with Gasteiger partial charge in [0, 0.05) is 0 Å². The van der Waals surface area contributed by atoms with Crippen LogP contribution in [0.3, 0.4) is 0 Å². The fraction of sp³-hybridized carbons (Fsp3) is 1.00. The molecule has 116 valence electrons. The molecule has 0 aromatic rings. The van der Waals surface area contributed by atoms with E-state index >= 15 is 0 Å². The standard InChI is InChI=1S/C14H30O5/c1-9(2)5-13(11(17)7-15)19-14(6-10(3)4)12(18)8-16/h9-18H,5-8H2,1-4H3. The van der Waals surface area contributed by atoms with E-state index in [0.717, 1.165) is 0 Å². The van der Waals surface area contributed by atoms with E-state index in [1.54, 1.807) is 0 Å². The van der Waals surface area contributed by atoms with E-state index in [9.17, 15) is 10.2 Å². The largest absolute Gasteiger partial charge is 0.394 e. The Balaban J connectivity index is 4.70. The Bertz CT molecular complexity index is 198. The van der Waals surface area contributed by atoms with Crippen LogP contribution in [0.15, 0.2) is 0 Å². The van der Waals surface area contributed by atoms with Gasteiger partial charge in [-0.15, -0.1) is 0 Å². The molecule has 0 aromatic carbocycles. The van der Waals surface area contributed by atoms with Gasteiger partial charge in [-0.3, -0.25) is 0 Å². The van der Waals surface area contributed by atoms with Crippen LogP contribution in [0.5, 0.6) is 0 Å². The monoisotopic (exact) mass is 278 g/mol. The van der Waals surface area contributed by atoms with Gasteiger partial charge in [0.25, 0.3) is 0 Å². The molecule has 0 amide bonds. The zero-order chi connectivity index (χ0) is 15.0. The maximum atomic E-state index is 9.78. The molecule has 4 unspecified atom stereocenters. The first-order chi connectivity index (χ1) is 8.81. The van der Waals surface area contributed by atoms with Crippen LogP contribution >= 0.6 is 0 Å². The summed E-state index contributed by atoms with van der Waals surface area (Å²) in [6, 6.07) is 0. The molecule has 4 N–H and O–H groups in total. The maximum Gasteiger partial charge on any atom is 0.103 e. The van der Waals surface area contributed by atoms with Gasteiger partial charge in [0.2, 0.25) is 0 Å². The predicted molar refractivity (Wildman–Crippen MR) is 73.8 cm³/mol. The molecule has 0 aliphatic carbocycles. The van der Waals surface area contributed by atoms with E-state index in [4.69, 9.17) is 14.9 Å². The van der Waals surface area contributed by atoms with Crippen molar-refractivity contribution < 1.29 is 25.2 Å². The Morgan fingerprint density at radius 1 is 0.737 bits per heavy atom. The third-order valence-electron chi connectivity index (χ3n) is 2.99. The van der Waals surface area contributed by atoms with Crippen molar-refractivity contribution in [2.24, 2.45) is 11.8 Å². The Hall–Kier alpha value is -0.200. The van der Waals surface area contributed by atoms with Gasteiger partial charge in [0.05, 0.1) is 25.4 Å². The van der Waals surface area contributed by atoms with Gasteiger partial charge in [-0.25, -0.2) is 0 Å². The molecule has 0 aliphatic heterocycles. The van der Waals surface area contributed by atoms with Gasteiger partial charge in [0.15, 0.2) is 0 Å². The number of rotatable bonds is 10. The number of aliphatic hydroxyl groups excluding tert-OH is 4. The van der Waals surface area contributed by atoms with Crippen LogP contribution in [0, 0.1) is 11.8 Å². The minimum atomic E-state index is -0.969. The van der Waals surface area contributed by atoms with Gasteiger partial charge >= 0.3 is 0 Å². The first kappa shape index (κ1) is 18.8. The number of hydrogen-bond donors (Lipinski definition) is 4. The summed E-state index contributed by atoms with van der Waals surface area (Å²) >= 11 is 0. The molecule has 0 saturated carbocycles. The highest BCUT2D eigenvalue weighted by atomic mass is 16.5. The highest BCUT2D eigenvalue weighted by molar-refractivity contribution is 4.77. The van der Waals surface area contributed by atoms with Gasteiger partial charge in [-0.05, 0) is 24.7 Å². The van der Waals surface area contributed by atoms with Gasteiger partial charge in [-0.1, -0.05) is 27.7 Å². The summed E-state index contributed by atoms with van der Waals surface area (Å²) in [5.41, 5.74) is 0. The van der Waals surface area contributed by atoms with Gasteiger partial charge in [-0.2, -0.15) is 0 Å². The highest BCUT2D eigenvalue weighted by Gasteiger charge is 2.28. The lowest BCUT2D eigenvalue weighted by Gasteiger charge is -2.31. The van der Waals surface area contributed by atoms with E-state index in [-0.39, 0.29) is 13.2 Å². The smallest absolute Gasteiger partial charge is 0.103 e. The number of ether oxygens (including phenoxy) is 1. The Kier molecular flexibility index (Phi) is 9.56. The van der Waals surface area contributed by atoms with Crippen LogP contribution in [0.25, 0.3) is 0 Å². The van der Waals surface area contributed by atoms with Crippen molar-refractivity contribution >= 4 is 0 Å². The second-order valence-electron chi connectivity index (χ2n) is 5.97. The van der Waals surface area contributed by atoms with Crippen LogP contribution in [0.4, 0.5) is 0 Å². The second-order valence-corrected chi connectivity index (χ2v) is 5.97.